The standard InChI is InChI=1S/C14H29NO/c1-11-8-12(2)10-13(9-11)14(15-3)6-5-7-16-4/h11-15H,5-10H2,1-4H3. The van der Waals surface area contributed by atoms with Crippen molar-refractivity contribution in [3.8, 4) is 0 Å². The largest absolute Gasteiger partial charge is 0.385 e. The summed E-state index contributed by atoms with van der Waals surface area (Å²) < 4.78 is 5.14. The molecule has 0 aromatic rings. The number of methoxy groups -OCH3 is 1. The average Bonchev–Trinajstić information content (AvgIpc) is 2.23. The van der Waals surface area contributed by atoms with Crippen LogP contribution in [0.5, 0.6) is 0 Å². The van der Waals surface area contributed by atoms with Crippen molar-refractivity contribution < 1.29 is 4.74 Å². The van der Waals surface area contributed by atoms with E-state index >= 15 is 0 Å². The second-order valence-corrected chi connectivity index (χ2v) is 5.71. The van der Waals surface area contributed by atoms with Crippen LogP contribution in [0.2, 0.25) is 0 Å². The minimum atomic E-state index is 0.695. The van der Waals surface area contributed by atoms with Crippen molar-refractivity contribution >= 4 is 0 Å². The van der Waals surface area contributed by atoms with Crippen LogP contribution in [0.25, 0.3) is 0 Å². The maximum absolute atomic E-state index is 5.14. The molecule has 16 heavy (non-hydrogen) atoms. The van der Waals surface area contributed by atoms with E-state index < -0.39 is 0 Å². The number of rotatable bonds is 6. The zero-order valence-corrected chi connectivity index (χ0v) is 11.5. The zero-order chi connectivity index (χ0) is 12.0. The van der Waals surface area contributed by atoms with E-state index in [0.717, 1.165) is 24.4 Å². The van der Waals surface area contributed by atoms with Crippen LogP contribution in [-0.4, -0.2) is 26.8 Å². The van der Waals surface area contributed by atoms with E-state index in [1.807, 2.05) is 0 Å². The van der Waals surface area contributed by atoms with Crippen molar-refractivity contribution in [2.24, 2.45) is 17.8 Å². The second-order valence-electron chi connectivity index (χ2n) is 5.71. The van der Waals surface area contributed by atoms with Crippen molar-refractivity contribution in [1.29, 1.82) is 0 Å². The molecule has 2 nitrogen and oxygen atoms in total. The summed E-state index contributed by atoms with van der Waals surface area (Å²) in [6.45, 7) is 5.71. The Morgan fingerprint density at radius 1 is 1.19 bits per heavy atom. The SMILES string of the molecule is CNC(CCCOC)C1CC(C)CC(C)C1. The monoisotopic (exact) mass is 227 g/mol. The van der Waals surface area contributed by atoms with Gasteiger partial charge >= 0.3 is 0 Å². The van der Waals surface area contributed by atoms with Gasteiger partial charge in [0.15, 0.2) is 0 Å². The number of hydrogen-bond donors (Lipinski definition) is 1. The molecule has 2 heteroatoms. The summed E-state index contributed by atoms with van der Waals surface area (Å²) in [5.74, 6) is 2.69. The molecule has 1 aliphatic carbocycles. The van der Waals surface area contributed by atoms with E-state index in [1.54, 1.807) is 7.11 Å². The molecule has 0 bridgehead atoms. The smallest absolute Gasteiger partial charge is 0.0462 e. The molecule has 0 amide bonds. The Bertz CT molecular complexity index is 174. The van der Waals surface area contributed by atoms with Gasteiger partial charge in [0.2, 0.25) is 0 Å². The molecular formula is C14H29NO. The third-order valence-corrected chi connectivity index (χ3v) is 4.02. The fourth-order valence-corrected chi connectivity index (χ4v) is 3.40. The highest BCUT2D eigenvalue weighted by molar-refractivity contribution is 4.83. The molecule has 0 radical (unpaired) electrons. The second kappa shape index (κ2) is 7.29. The van der Waals surface area contributed by atoms with E-state index in [1.165, 1.54) is 32.1 Å². The summed E-state index contributed by atoms with van der Waals surface area (Å²) in [6.07, 6.45) is 6.67. The van der Waals surface area contributed by atoms with Gasteiger partial charge in [-0.05, 0) is 56.9 Å². The summed E-state index contributed by atoms with van der Waals surface area (Å²) in [5.41, 5.74) is 0. The van der Waals surface area contributed by atoms with Crippen LogP contribution in [0, 0.1) is 17.8 Å². The first-order chi connectivity index (χ1) is 7.67. The van der Waals surface area contributed by atoms with Crippen molar-refractivity contribution in [2.75, 3.05) is 20.8 Å². The lowest BCUT2D eigenvalue weighted by Gasteiger charge is -2.36. The van der Waals surface area contributed by atoms with Gasteiger partial charge in [-0.25, -0.2) is 0 Å². The van der Waals surface area contributed by atoms with Gasteiger partial charge < -0.3 is 10.1 Å². The van der Waals surface area contributed by atoms with E-state index in [2.05, 4.69) is 26.2 Å². The summed E-state index contributed by atoms with van der Waals surface area (Å²) in [7, 11) is 3.90. The molecular weight excluding hydrogens is 198 g/mol. The fraction of sp³-hybridized carbons (Fsp3) is 1.00. The highest BCUT2D eigenvalue weighted by atomic mass is 16.5. The van der Waals surface area contributed by atoms with Crippen LogP contribution in [-0.2, 0) is 4.74 Å². The zero-order valence-electron chi connectivity index (χ0n) is 11.5. The Hall–Kier alpha value is -0.0800. The van der Waals surface area contributed by atoms with Gasteiger partial charge in [0.1, 0.15) is 0 Å². The minimum Gasteiger partial charge on any atom is -0.385 e. The van der Waals surface area contributed by atoms with Crippen LogP contribution in [0.1, 0.15) is 46.0 Å². The van der Waals surface area contributed by atoms with Crippen molar-refractivity contribution in [2.45, 2.75) is 52.0 Å². The van der Waals surface area contributed by atoms with Gasteiger partial charge in [-0.3, -0.25) is 0 Å². The molecule has 0 saturated heterocycles. The number of nitrogens with one attached hydrogen (secondary N) is 1. The van der Waals surface area contributed by atoms with Crippen LogP contribution < -0.4 is 5.32 Å². The first kappa shape index (κ1) is 14.0. The van der Waals surface area contributed by atoms with Crippen molar-refractivity contribution in [3.05, 3.63) is 0 Å². The Labute approximate surface area is 101 Å². The van der Waals surface area contributed by atoms with Crippen LogP contribution in [0.15, 0.2) is 0 Å². The summed E-state index contributed by atoms with van der Waals surface area (Å²) in [4.78, 5) is 0. The van der Waals surface area contributed by atoms with Gasteiger partial charge in [0.25, 0.3) is 0 Å². The van der Waals surface area contributed by atoms with Gasteiger partial charge in [-0.2, -0.15) is 0 Å². The van der Waals surface area contributed by atoms with Crippen LogP contribution in [0.3, 0.4) is 0 Å². The topological polar surface area (TPSA) is 21.3 Å². The van der Waals surface area contributed by atoms with Gasteiger partial charge in [-0.15, -0.1) is 0 Å². The summed E-state index contributed by atoms with van der Waals surface area (Å²) in [5, 5.41) is 3.52. The first-order valence-corrected chi connectivity index (χ1v) is 6.83. The Kier molecular flexibility index (Phi) is 6.37. The van der Waals surface area contributed by atoms with Crippen LogP contribution >= 0.6 is 0 Å². The number of ether oxygens (including phenoxy) is 1. The minimum absolute atomic E-state index is 0.695. The molecule has 1 rings (SSSR count). The van der Waals surface area contributed by atoms with E-state index in [9.17, 15) is 0 Å². The summed E-state index contributed by atoms with van der Waals surface area (Å²) in [6, 6.07) is 0.695. The van der Waals surface area contributed by atoms with E-state index in [4.69, 9.17) is 4.74 Å². The third kappa shape index (κ3) is 4.42. The van der Waals surface area contributed by atoms with Crippen molar-refractivity contribution in [3.63, 3.8) is 0 Å². The lowest BCUT2D eigenvalue weighted by molar-refractivity contribution is 0.155. The molecule has 3 atom stereocenters. The molecule has 1 saturated carbocycles. The molecule has 96 valence electrons. The third-order valence-electron chi connectivity index (χ3n) is 4.02. The summed E-state index contributed by atoms with van der Waals surface area (Å²) >= 11 is 0. The lowest BCUT2D eigenvalue weighted by atomic mass is 9.73. The quantitative estimate of drug-likeness (QED) is 0.704. The maximum atomic E-state index is 5.14. The average molecular weight is 227 g/mol. The highest BCUT2D eigenvalue weighted by Gasteiger charge is 2.28. The van der Waals surface area contributed by atoms with Gasteiger partial charge in [0, 0.05) is 19.8 Å². The predicted octanol–water partition coefficient (Wildman–Crippen LogP) is 3.07. The maximum Gasteiger partial charge on any atom is 0.0462 e. The fourth-order valence-electron chi connectivity index (χ4n) is 3.40. The van der Waals surface area contributed by atoms with Gasteiger partial charge in [0.05, 0.1) is 0 Å². The molecule has 0 aliphatic heterocycles. The van der Waals surface area contributed by atoms with E-state index in [-0.39, 0.29) is 0 Å². The molecule has 0 heterocycles. The number of hydrogen-bond acceptors (Lipinski definition) is 2. The normalized spacial score (nSPS) is 32.6. The highest BCUT2D eigenvalue weighted by Crippen LogP contribution is 2.35. The Morgan fingerprint density at radius 3 is 2.31 bits per heavy atom. The van der Waals surface area contributed by atoms with Gasteiger partial charge in [-0.1, -0.05) is 13.8 Å². The molecule has 1 aliphatic rings. The molecule has 0 aromatic carbocycles. The Balaban J connectivity index is 2.38. The Morgan fingerprint density at radius 2 is 1.81 bits per heavy atom. The van der Waals surface area contributed by atoms with Crippen molar-refractivity contribution in [1.82, 2.24) is 5.32 Å². The molecule has 0 spiro atoms. The molecule has 0 aromatic heterocycles. The molecule has 1 N–H and O–H groups in total. The first-order valence-electron chi connectivity index (χ1n) is 6.83. The lowest BCUT2D eigenvalue weighted by Crippen LogP contribution is -2.38. The van der Waals surface area contributed by atoms with Crippen LogP contribution in [0.4, 0.5) is 0 Å². The molecule has 1 fully saturated rings. The molecule has 3 unspecified atom stereocenters. The predicted molar refractivity (Wildman–Crippen MR) is 69.6 cm³/mol. The van der Waals surface area contributed by atoms with E-state index in [0.29, 0.717) is 6.04 Å².